The van der Waals surface area contributed by atoms with Crippen molar-refractivity contribution in [2.45, 2.75) is 31.8 Å². The van der Waals surface area contributed by atoms with Gasteiger partial charge in [0, 0.05) is 37.0 Å². The molecule has 0 radical (unpaired) electrons. The van der Waals surface area contributed by atoms with Crippen LogP contribution in [0.1, 0.15) is 25.0 Å². The zero-order chi connectivity index (χ0) is 20.7. The minimum absolute atomic E-state index is 0.0212. The van der Waals surface area contributed by atoms with Crippen molar-refractivity contribution >= 4 is 23.1 Å². The summed E-state index contributed by atoms with van der Waals surface area (Å²) in [6.07, 6.45) is 6.08. The van der Waals surface area contributed by atoms with Crippen molar-refractivity contribution in [3.63, 3.8) is 0 Å². The third-order valence-electron chi connectivity index (χ3n) is 5.94. The number of hydrogen-bond acceptors (Lipinski definition) is 4. The second kappa shape index (κ2) is 7.48. The van der Waals surface area contributed by atoms with Crippen molar-refractivity contribution in [2.24, 2.45) is 5.92 Å². The standard InChI is InChI=1S/C23H24N4O3/c1-30-20-6-4-5-18(12-20)26-14-16(11-22(26)28)23(29)27(17-8-9-17)15-19-13-24-21-7-2-3-10-25(19)21/h2-7,10,12-13,16-17H,8-9,11,14-15H2,1H3. The molecule has 0 N–H and O–H groups in total. The minimum atomic E-state index is -0.330. The number of rotatable bonds is 6. The Bertz CT molecular complexity index is 1100. The number of imidazole rings is 1. The molecular weight excluding hydrogens is 380 g/mol. The first-order chi connectivity index (χ1) is 14.6. The molecule has 1 aliphatic heterocycles. The number of aromatic nitrogens is 2. The van der Waals surface area contributed by atoms with Crippen LogP contribution < -0.4 is 9.64 Å². The number of hydrogen-bond donors (Lipinski definition) is 0. The summed E-state index contributed by atoms with van der Waals surface area (Å²) in [5.74, 6) is 0.403. The number of nitrogens with zero attached hydrogens (tertiary/aromatic N) is 4. The van der Waals surface area contributed by atoms with Crippen LogP contribution >= 0.6 is 0 Å². The quantitative estimate of drug-likeness (QED) is 0.634. The van der Waals surface area contributed by atoms with Crippen molar-refractivity contribution in [2.75, 3.05) is 18.6 Å². The molecule has 154 valence electrons. The Hall–Kier alpha value is -3.35. The van der Waals surface area contributed by atoms with Gasteiger partial charge in [-0.15, -0.1) is 0 Å². The monoisotopic (exact) mass is 404 g/mol. The van der Waals surface area contributed by atoms with Gasteiger partial charge < -0.3 is 18.9 Å². The highest BCUT2D eigenvalue weighted by Gasteiger charge is 2.41. The average molecular weight is 404 g/mol. The molecule has 3 aromatic rings. The summed E-state index contributed by atoms with van der Waals surface area (Å²) in [4.78, 5) is 34.2. The second-order valence-corrected chi connectivity index (χ2v) is 7.98. The molecule has 0 bridgehead atoms. The number of anilines is 1. The average Bonchev–Trinajstić information content (AvgIpc) is 3.42. The molecule has 2 fully saturated rings. The maximum absolute atomic E-state index is 13.4. The van der Waals surface area contributed by atoms with E-state index in [4.69, 9.17) is 4.74 Å². The second-order valence-electron chi connectivity index (χ2n) is 7.98. The zero-order valence-electron chi connectivity index (χ0n) is 16.9. The van der Waals surface area contributed by atoms with Crippen LogP contribution in [0, 0.1) is 5.92 Å². The Kier molecular flexibility index (Phi) is 4.65. The molecule has 1 unspecified atom stereocenters. The number of fused-ring (bicyclic) bond motifs is 1. The van der Waals surface area contributed by atoms with Crippen LogP contribution in [0.25, 0.3) is 5.65 Å². The van der Waals surface area contributed by atoms with Gasteiger partial charge in [0.1, 0.15) is 11.4 Å². The van der Waals surface area contributed by atoms with E-state index in [1.54, 1.807) is 12.0 Å². The van der Waals surface area contributed by atoms with Crippen molar-refractivity contribution < 1.29 is 14.3 Å². The van der Waals surface area contributed by atoms with Crippen molar-refractivity contribution in [3.8, 4) is 5.75 Å². The van der Waals surface area contributed by atoms with E-state index in [9.17, 15) is 9.59 Å². The first-order valence-corrected chi connectivity index (χ1v) is 10.3. The maximum atomic E-state index is 13.4. The van der Waals surface area contributed by atoms with Gasteiger partial charge in [0.05, 0.1) is 31.5 Å². The largest absolute Gasteiger partial charge is 0.497 e. The molecule has 0 spiro atoms. The molecule has 3 heterocycles. The van der Waals surface area contributed by atoms with Gasteiger partial charge in [0.15, 0.2) is 0 Å². The van der Waals surface area contributed by atoms with E-state index in [1.165, 1.54) is 0 Å². The van der Waals surface area contributed by atoms with E-state index in [2.05, 4.69) is 4.98 Å². The van der Waals surface area contributed by atoms with Crippen molar-refractivity contribution in [1.82, 2.24) is 14.3 Å². The molecule has 2 aliphatic rings. The minimum Gasteiger partial charge on any atom is -0.497 e. The van der Waals surface area contributed by atoms with Gasteiger partial charge in [-0.1, -0.05) is 12.1 Å². The van der Waals surface area contributed by atoms with Gasteiger partial charge >= 0.3 is 0 Å². The SMILES string of the molecule is COc1cccc(N2CC(C(=O)N(Cc3cnc4ccccn34)C3CC3)CC2=O)c1. The van der Waals surface area contributed by atoms with Crippen LogP contribution in [0.3, 0.4) is 0 Å². The number of methoxy groups -OCH3 is 1. The van der Waals surface area contributed by atoms with Gasteiger partial charge in [0.25, 0.3) is 0 Å². The molecule has 2 aromatic heterocycles. The lowest BCUT2D eigenvalue weighted by Gasteiger charge is -2.25. The molecule has 1 saturated heterocycles. The summed E-state index contributed by atoms with van der Waals surface area (Å²) in [5, 5.41) is 0. The zero-order valence-corrected chi connectivity index (χ0v) is 16.9. The Morgan fingerprint density at radius 3 is 2.90 bits per heavy atom. The number of amides is 2. The van der Waals surface area contributed by atoms with Gasteiger partial charge in [-0.2, -0.15) is 0 Å². The molecule has 1 aromatic carbocycles. The molecule has 7 nitrogen and oxygen atoms in total. The smallest absolute Gasteiger partial charge is 0.228 e. The predicted molar refractivity (Wildman–Crippen MR) is 112 cm³/mol. The fourth-order valence-electron chi connectivity index (χ4n) is 4.19. The Morgan fingerprint density at radius 1 is 1.23 bits per heavy atom. The number of benzene rings is 1. The predicted octanol–water partition coefficient (Wildman–Crippen LogP) is 2.89. The maximum Gasteiger partial charge on any atom is 0.228 e. The normalized spacial score (nSPS) is 18.8. The highest BCUT2D eigenvalue weighted by Crippen LogP contribution is 2.33. The van der Waals surface area contributed by atoms with Crippen LogP contribution in [0.2, 0.25) is 0 Å². The third kappa shape index (κ3) is 3.40. The lowest BCUT2D eigenvalue weighted by Crippen LogP contribution is -2.38. The Morgan fingerprint density at radius 2 is 2.10 bits per heavy atom. The number of carbonyl (C=O) groups is 2. The fraction of sp³-hybridized carbons (Fsp3) is 0.348. The van der Waals surface area contributed by atoms with E-state index >= 15 is 0 Å². The van der Waals surface area contributed by atoms with Crippen LogP contribution in [0.4, 0.5) is 5.69 Å². The molecule has 5 rings (SSSR count). The van der Waals surface area contributed by atoms with Gasteiger partial charge in [0.2, 0.25) is 11.8 Å². The molecule has 7 heteroatoms. The van der Waals surface area contributed by atoms with Crippen LogP contribution in [0.5, 0.6) is 5.75 Å². The van der Waals surface area contributed by atoms with Crippen LogP contribution in [-0.4, -0.2) is 45.8 Å². The first-order valence-electron chi connectivity index (χ1n) is 10.3. The first kappa shape index (κ1) is 18.7. The molecule has 30 heavy (non-hydrogen) atoms. The number of ether oxygens (including phenoxy) is 1. The number of pyridine rings is 1. The lowest BCUT2D eigenvalue weighted by atomic mass is 10.1. The van der Waals surface area contributed by atoms with Crippen molar-refractivity contribution in [1.29, 1.82) is 0 Å². The lowest BCUT2D eigenvalue weighted by molar-refractivity contribution is -0.137. The van der Waals surface area contributed by atoms with E-state index in [-0.39, 0.29) is 30.2 Å². The van der Waals surface area contributed by atoms with Crippen LogP contribution in [0.15, 0.2) is 54.9 Å². The molecule has 1 saturated carbocycles. The van der Waals surface area contributed by atoms with Crippen molar-refractivity contribution in [3.05, 3.63) is 60.6 Å². The highest BCUT2D eigenvalue weighted by atomic mass is 16.5. The van der Waals surface area contributed by atoms with E-state index < -0.39 is 0 Å². The third-order valence-corrected chi connectivity index (χ3v) is 5.94. The topological polar surface area (TPSA) is 67.2 Å². The van der Waals surface area contributed by atoms with E-state index in [0.29, 0.717) is 18.8 Å². The van der Waals surface area contributed by atoms with Gasteiger partial charge in [-0.05, 0) is 37.1 Å². The van der Waals surface area contributed by atoms with E-state index in [0.717, 1.165) is 29.9 Å². The summed E-state index contributed by atoms with van der Waals surface area (Å²) in [5.41, 5.74) is 2.63. The van der Waals surface area contributed by atoms with Gasteiger partial charge in [-0.3, -0.25) is 9.59 Å². The van der Waals surface area contributed by atoms with E-state index in [1.807, 2.05) is 64.2 Å². The molecule has 1 aliphatic carbocycles. The van der Waals surface area contributed by atoms with Gasteiger partial charge in [-0.25, -0.2) is 4.98 Å². The summed E-state index contributed by atoms with van der Waals surface area (Å²) >= 11 is 0. The Labute approximate surface area is 174 Å². The Balaban J connectivity index is 1.35. The molecule has 2 amide bonds. The summed E-state index contributed by atoms with van der Waals surface area (Å²) in [7, 11) is 1.60. The van der Waals surface area contributed by atoms with Crippen LogP contribution in [-0.2, 0) is 16.1 Å². The summed E-state index contributed by atoms with van der Waals surface area (Å²) in [6, 6.07) is 13.5. The molecule has 1 atom stereocenters. The fourth-order valence-corrected chi connectivity index (χ4v) is 4.19. The number of carbonyl (C=O) groups excluding carboxylic acids is 2. The summed E-state index contributed by atoms with van der Waals surface area (Å²) < 4.78 is 7.29. The highest BCUT2D eigenvalue weighted by molar-refractivity contribution is 6.00. The molecular formula is C23H24N4O3. The summed E-state index contributed by atoms with van der Waals surface area (Å²) in [6.45, 7) is 0.916.